The SMILES string of the molecule is [Pt+2].[Pt+2].[c-]1c(Oc2[c-]c3c(cc2)c2ccccc2n3-c2ccccn2)c(-n2c3ccccc3c3ccccc32)cc2c3cc(-n4c5ccccc5c5ccccc54)c(Oc4[c-]c5c(cc4)c4ccccc4n5-c4ccccn4)[c-]c3n(-c3ncccn3)c12. The molecule has 0 atom stereocenters. The van der Waals surface area contributed by atoms with E-state index in [1.165, 1.54) is 0 Å². The van der Waals surface area contributed by atoms with Crippen LogP contribution < -0.4 is 9.47 Å². The fourth-order valence-corrected chi connectivity index (χ4v) is 12.9. The summed E-state index contributed by atoms with van der Waals surface area (Å²) in [5.74, 6) is 3.88. The van der Waals surface area contributed by atoms with Crippen molar-refractivity contribution in [3.63, 3.8) is 0 Å². The van der Waals surface area contributed by atoms with Crippen LogP contribution in [0.3, 0.4) is 0 Å². The van der Waals surface area contributed by atoms with Gasteiger partial charge in [-0.05, 0) is 88.9 Å². The van der Waals surface area contributed by atoms with Crippen molar-refractivity contribution in [2.45, 2.75) is 0 Å². The molecule has 87 heavy (non-hydrogen) atoms. The van der Waals surface area contributed by atoms with Crippen molar-refractivity contribution in [1.82, 2.24) is 42.8 Å². The maximum Gasteiger partial charge on any atom is 2.00 e. The summed E-state index contributed by atoms with van der Waals surface area (Å²) >= 11 is 0. The molecule has 0 aliphatic rings. The normalized spacial score (nSPS) is 11.7. The first-order valence-corrected chi connectivity index (χ1v) is 28.0. The van der Waals surface area contributed by atoms with Crippen LogP contribution in [0.4, 0.5) is 0 Å². The number of ether oxygens (including phenoxy) is 2. The molecule has 0 radical (unpaired) electrons. The van der Waals surface area contributed by atoms with E-state index < -0.39 is 0 Å². The second kappa shape index (κ2) is 20.7. The number of benzene rings is 10. The van der Waals surface area contributed by atoms with E-state index in [2.05, 4.69) is 212 Å². The molecule has 8 heterocycles. The molecule has 18 aromatic rings. The average molecular weight is 1480 g/mol. The maximum atomic E-state index is 7.33. The van der Waals surface area contributed by atoms with Crippen LogP contribution in [0.2, 0.25) is 0 Å². The Kier molecular flexibility index (Phi) is 12.4. The zero-order valence-corrected chi connectivity index (χ0v) is 50.2. The topological polar surface area (TPSA) is 94.7 Å². The minimum atomic E-state index is 0. The van der Waals surface area contributed by atoms with Gasteiger partial charge in [0.25, 0.3) is 0 Å². The van der Waals surface area contributed by atoms with E-state index in [-0.39, 0.29) is 42.1 Å². The Labute approximate surface area is 525 Å². The van der Waals surface area contributed by atoms with Crippen LogP contribution in [0.15, 0.2) is 249 Å². The molecule has 0 amide bonds. The summed E-state index contributed by atoms with van der Waals surface area (Å²) in [6.07, 6.45) is 7.13. The number of para-hydroxylation sites is 6. The van der Waals surface area contributed by atoms with Crippen LogP contribution in [0, 0.1) is 24.3 Å². The molecule has 8 aromatic heterocycles. The number of pyridine rings is 2. The summed E-state index contributed by atoms with van der Waals surface area (Å²) in [7, 11) is 0. The molecule has 10 aromatic carbocycles. The fourth-order valence-electron chi connectivity index (χ4n) is 12.9. The van der Waals surface area contributed by atoms with Crippen LogP contribution in [0.5, 0.6) is 23.0 Å². The minimum absolute atomic E-state index is 0. The zero-order valence-electron chi connectivity index (χ0n) is 45.6. The van der Waals surface area contributed by atoms with Crippen LogP contribution in [0.1, 0.15) is 0 Å². The van der Waals surface area contributed by atoms with Gasteiger partial charge in [-0.1, -0.05) is 143 Å². The van der Waals surface area contributed by atoms with Crippen molar-refractivity contribution >= 4 is 109 Å². The number of hydrogen-bond acceptors (Lipinski definition) is 6. The van der Waals surface area contributed by atoms with Gasteiger partial charge >= 0.3 is 42.1 Å². The van der Waals surface area contributed by atoms with E-state index in [0.717, 1.165) is 121 Å². The Hall–Kier alpha value is -10.4. The van der Waals surface area contributed by atoms with Crippen molar-refractivity contribution in [3.8, 4) is 52.0 Å². The van der Waals surface area contributed by atoms with Crippen LogP contribution in [-0.4, -0.2) is 42.8 Å². The Morgan fingerprint density at radius 3 is 0.954 bits per heavy atom. The number of nitrogens with zero attached hydrogens (tertiary/aromatic N) is 9. The van der Waals surface area contributed by atoms with Crippen LogP contribution in [-0.2, 0) is 42.1 Å². The van der Waals surface area contributed by atoms with Crippen molar-refractivity contribution in [2.24, 2.45) is 0 Å². The van der Waals surface area contributed by atoms with Gasteiger partial charge in [-0.3, -0.25) is 0 Å². The molecule has 13 heteroatoms. The quantitative estimate of drug-likeness (QED) is 0.134. The molecule has 18 rings (SSSR count). The van der Waals surface area contributed by atoms with E-state index in [9.17, 15) is 0 Å². The van der Waals surface area contributed by atoms with E-state index in [1.54, 1.807) is 12.4 Å². The third kappa shape index (κ3) is 8.04. The average Bonchev–Trinajstić information content (AvgIpc) is 1.70. The molecule has 0 unspecified atom stereocenters. The molecule has 0 spiro atoms. The molecule has 0 saturated carbocycles. The summed E-state index contributed by atoms with van der Waals surface area (Å²) in [6.45, 7) is 0. The first kappa shape index (κ1) is 52.1. The summed E-state index contributed by atoms with van der Waals surface area (Å²) < 4.78 is 25.5. The second-order valence-electron chi connectivity index (χ2n) is 21.1. The molecule has 11 nitrogen and oxygen atoms in total. The third-order valence-corrected chi connectivity index (χ3v) is 16.4. The molecule has 0 fully saturated rings. The molecular formula is C74H41N9O2Pt2. The summed E-state index contributed by atoms with van der Waals surface area (Å²) in [5.41, 5.74) is 10.6. The van der Waals surface area contributed by atoms with E-state index >= 15 is 0 Å². The molecular weight excluding hydrogens is 1440 g/mol. The Bertz CT molecular complexity index is 5310. The fraction of sp³-hybridized carbons (Fsp3) is 0. The van der Waals surface area contributed by atoms with E-state index in [1.807, 2.05) is 71.6 Å². The van der Waals surface area contributed by atoms with Gasteiger partial charge in [0, 0.05) is 102 Å². The number of aromatic nitrogens is 9. The van der Waals surface area contributed by atoms with Gasteiger partial charge in [-0.15, -0.1) is 59.3 Å². The molecule has 0 N–H and O–H groups in total. The molecule has 0 aliphatic carbocycles. The van der Waals surface area contributed by atoms with Gasteiger partial charge in [-0.25, -0.2) is 19.9 Å². The third-order valence-electron chi connectivity index (χ3n) is 16.4. The Balaban J connectivity index is 0.00000306. The maximum absolute atomic E-state index is 7.33. The molecule has 0 bridgehead atoms. The van der Waals surface area contributed by atoms with Crippen LogP contribution >= 0.6 is 0 Å². The van der Waals surface area contributed by atoms with Crippen molar-refractivity contribution < 1.29 is 51.6 Å². The Morgan fingerprint density at radius 2 is 0.586 bits per heavy atom. The van der Waals surface area contributed by atoms with Gasteiger partial charge < -0.3 is 32.3 Å². The van der Waals surface area contributed by atoms with E-state index in [0.29, 0.717) is 40.0 Å². The smallest absolute Gasteiger partial charge is 0.507 e. The standard InChI is InChI=1S/C74H41N9O2.2Pt/c1-7-24-58-48(18-1)49-19-2-8-25-59(49)79(58)68-42-56-57-43-69(80-60-26-9-3-20-50(60)51-21-4-10-27-61(51)80)71(85-47-33-35-55-53-23-6-12-29-63(53)82(65(55)41-47)73-31-14-16-37-76-73)45-67(57)83(74-77-38-17-39-78-74)66(56)44-70(68)84-46-32-34-54-52-22-5-11-28-62(52)81(64(54)40-46)72-30-13-15-36-75-72;;/h1-39,42-43H;;/q-4;2*+2. The van der Waals surface area contributed by atoms with Crippen molar-refractivity contribution in [2.75, 3.05) is 0 Å². The first-order valence-electron chi connectivity index (χ1n) is 28.0. The van der Waals surface area contributed by atoms with Gasteiger partial charge in [-0.2, -0.15) is 22.9 Å². The first-order chi connectivity index (χ1) is 42.2. The molecule has 0 aliphatic heterocycles. The van der Waals surface area contributed by atoms with Gasteiger partial charge in [0.15, 0.2) is 0 Å². The van der Waals surface area contributed by atoms with Crippen LogP contribution in [0.25, 0.3) is 138 Å². The largest absolute Gasteiger partial charge is 2.00 e. The monoisotopic (exact) mass is 1480 g/mol. The summed E-state index contributed by atoms with van der Waals surface area (Å²) in [5, 5.41) is 10.4. The second-order valence-corrected chi connectivity index (χ2v) is 21.1. The summed E-state index contributed by atoms with van der Waals surface area (Å²) in [6, 6.07) is 92.3. The van der Waals surface area contributed by atoms with Crippen molar-refractivity contribution in [1.29, 1.82) is 0 Å². The minimum Gasteiger partial charge on any atom is -0.507 e. The predicted octanol–water partition coefficient (Wildman–Crippen LogP) is 17.5. The summed E-state index contributed by atoms with van der Waals surface area (Å²) in [4.78, 5) is 19.5. The van der Waals surface area contributed by atoms with E-state index in [4.69, 9.17) is 29.4 Å². The number of rotatable bonds is 9. The van der Waals surface area contributed by atoms with Gasteiger partial charge in [0.05, 0.1) is 0 Å². The van der Waals surface area contributed by atoms with Gasteiger partial charge in [0.1, 0.15) is 11.6 Å². The van der Waals surface area contributed by atoms with Gasteiger partial charge in [0.2, 0.25) is 5.95 Å². The molecule has 0 saturated heterocycles. The number of fused-ring (bicyclic) bond motifs is 15. The Morgan fingerprint density at radius 1 is 0.264 bits per heavy atom. The molecule has 414 valence electrons. The number of hydrogen-bond donors (Lipinski definition) is 0. The zero-order chi connectivity index (χ0) is 55.7. The van der Waals surface area contributed by atoms with Crippen molar-refractivity contribution in [3.05, 3.63) is 274 Å². The predicted molar refractivity (Wildman–Crippen MR) is 338 cm³/mol.